The van der Waals surface area contributed by atoms with Crippen molar-refractivity contribution in [2.45, 2.75) is 31.7 Å². The van der Waals surface area contributed by atoms with Gasteiger partial charge in [-0.15, -0.1) is 0 Å². The van der Waals surface area contributed by atoms with Gasteiger partial charge in [-0.2, -0.15) is 0 Å². The zero-order valence-corrected chi connectivity index (χ0v) is 14.5. The third kappa shape index (κ3) is 3.27. The summed E-state index contributed by atoms with van der Waals surface area (Å²) in [4.78, 5) is 30.9. The molecule has 0 spiro atoms. The number of carbonyl (C=O) groups is 2. The molecule has 1 fully saturated rings. The van der Waals surface area contributed by atoms with Gasteiger partial charge in [0.2, 0.25) is 0 Å². The Labute approximate surface area is 152 Å². The van der Waals surface area contributed by atoms with Crippen LogP contribution in [0.3, 0.4) is 0 Å². The second kappa shape index (κ2) is 7.15. The highest BCUT2D eigenvalue weighted by Gasteiger charge is 2.28. The third-order valence-electron chi connectivity index (χ3n) is 4.96. The zero-order valence-electron chi connectivity index (χ0n) is 14.5. The lowest BCUT2D eigenvalue weighted by Gasteiger charge is -2.31. The molecule has 2 aromatic rings. The normalized spacial score (nSPS) is 19.8. The number of benzene rings is 1. The Morgan fingerprint density at radius 2 is 2.00 bits per heavy atom. The van der Waals surface area contributed by atoms with Gasteiger partial charge in [-0.05, 0) is 48.7 Å². The maximum Gasteiger partial charge on any atom is 0.262 e. The maximum absolute atomic E-state index is 13.3. The number of likely N-dealkylation sites (tertiary alicyclic amines) is 1. The van der Waals surface area contributed by atoms with Crippen molar-refractivity contribution in [3.8, 4) is 5.75 Å². The molecule has 2 aliphatic heterocycles. The Balaban J connectivity index is 1.64. The lowest BCUT2D eigenvalue weighted by Crippen LogP contribution is -2.35. The molecule has 0 bridgehead atoms. The van der Waals surface area contributed by atoms with Crippen molar-refractivity contribution in [2.24, 2.45) is 0 Å². The number of ether oxygens (including phenoxy) is 1. The lowest BCUT2D eigenvalue weighted by atomic mass is 10.0. The van der Waals surface area contributed by atoms with Gasteiger partial charge in [-0.25, -0.2) is 0 Å². The van der Waals surface area contributed by atoms with Gasteiger partial charge < -0.3 is 15.0 Å². The molecule has 0 radical (unpaired) electrons. The minimum Gasteiger partial charge on any atom is -0.482 e. The van der Waals surface area contributed by atoms with E-state index in [9.17, 15) is 9.59 Å². The number of nitrogens with zero attached hydrogens (tertiary/aromatic N) is 2. The van der Waals surface area contributed by atoms with Gasteiger partial charge in [0.25, 0.3) is 11.8 Å². The van der Waals surface area contributed by atoms with Gasteiger partial charge in [0.05, 0.1) is 11.7 Å². The molecule has 1 saturated heterocycles. The van der Waals surface area contributed by atoms with E-state index in [0.717, 1.165) is 37.8 Å². The van der Waals surface area contributed by atoms with Gasteiger partial charge >= 0.3 is 0 Å². The number of nitrogens with one attached hydrogen (secondary N) is 1. The highest BCUT2D eigenvalue weighted by Crippen LogP contribution is 2.33. The summed E-state index contributed by atoms with van der Waals surface area (Å²) in [5.74, 6) is 0.380. The van der Waals surface area contributed by atoms with Crippen LogP contribution in [0.15, 0.2) is 42.7 Å². The van der Waals surface area contributed by atoms with Crippen molar-refractivity contribution < 1.29 is 14.3 Å². The van der Waals surface area contributed by atoms with Crippen LogP contribution in [0.5, 0.6) is 5.75 Å². The molecule has 26 heavy (non-hydrogen) atoms. The number of aromatic nitrogens is 1. The Bertz CT molecular complexity index is 822. The molecule has 0 unspecified atom stereocenters. The molecule has 1 N–H and O–H groups in total. The van der Waals surface area contributed by atoms with Gasteiger partial charge in [0.1, 0.15) is 5.75 Å². The largest absolute Gasteiger partial charge is 0.482 e. The molecule has 1 aromatic carbocycles. The minimum absolute atomic E-state index is 0.0105. The van der Waals surface area contributed by atoms with E-state index in [1.54, 1.807) is 30.6 Å². The average molecular weight is 351 g/mol. The summed E-state index contributed by atoms with van der Waals surface area (Å²) in [7, 11) is 0. The fraction of sp³-hybridized carbons (Fsp3) is 0.350. The number of hydrogen-bond acceptors (Lipinski definition) is 4. The molecular weight excluding hydrogens is 330 g/mol. The van der Waals surface area contributed by atoms with E-state index in [-0.39, 0.29) is 24.5 Å². The van der Waals surface area contributed by atoms with Crippen LogP contribution < -0.4 is 10.1 Å². The highest BCUT2D eigenvalue weighted by molar-refractivity contribution is 6.00. The van der Waals surface area contributed by atoms with Crippen molar-refractivity contribution in [3.63, 3.8) is 0 Å². The van der Waals surface area contributed by atoms with Crippen LogP contribution >= 0.6 is 0 Å². The summed E-state index contributed by atoms with van der Waals surface area (Å²) >= 11 is 0. The Kier molecular flexibility index (Phi) is 4.56. The quantitative estimate of drug-likeness (QED) is 0.902. The van der Waals surface area contributed by atoms with Crippen LogP contribution in [0.1, 0.15) is 47.6 Å². The molecular formula is C20H21N3O3. The summed E-state index contributed by atoms with van der Waals surface area (Å²) in [6.07, 6.45) is 7.71. The van der Waals surface area contributed by atoms with Gasteiger partial charge in [-0.1, -0.05) is 12.8 Å². The third-order valence-corrected chi connectivity index (χ3v) is 4.96. The average Bonchev–Trinajstić information content (AvgIpc) is 2.93. The second-order valence-electron chi connectivity index (χ2n) is 6.69. The summed E-state index contributed by atoms with van der Waals surface area (Å²) in [6, 6.07) is 9.25. The van der Waals surface area contributed by atoms with E-state index in [1.165, 1.54) is 0 Å². The van der Waals surface area contributed by atoms with Crippen molar-refractivity contribution in [1.82, 2.24) is 9.88 Å². The van der Waals surface area contributed by atoms with Crippen LogP contribution in [-0.2, 0) is 4.79 Å². The number of anilines is 1. The Morgan fingerprint density at radius 3 is 2.85 bits per heavy atom. The van der Waals surface area contributed by atoms with Gasteiger partial charge in [0.15, 0.2) is 6.61 Å². The standard InChI is InChI=1S/C20H21N3O3/c24-19-13-26-18-6-5-15(12-16(18)22-19)20(25)23-11-3-1-2-4-17(23)14-7-9-21-10-8-14/h5-10,12,17H,1-4,11,13H2,(H,22,24)/t17-/m1/s1. The van der Waals surface area contributed by atoms with Crippen LogP contribution in [0.25, 0.3) is 0 Å². The fourth-order valence-corrected chi connectivity index (χ4v) is 3.67. The van der Waals surface area contributed by atoms with Crippen molar-refractivity contribution in [2.75, 3.05) is 18.5 Å². The first-order valence-corrected chi connectivity index (χ1v) is 9.00. The second-order valence-corrected chi connectivity index (χ2v) is 6.69. The van der Waals surface area contributed by atoms with E-state index < -0.39 is 0 Å². The van der Waals surface area contributed by atoms with Crippen molar-refractivity contribution in [3.05, 3.63) is 53.9 Å². The molecule has 0 aliphatic carbocycles. The number of rotatable bonds is 2. The van der Waals surface area contributed by atoms with Gasteiger partial charge in [0, 0.05) is 24.5 Å². The van der Waals surface area contributed by atoms with E-state index in [1.807, 2.05) is 17.0 Å². The molecule has 1 atom stereocenters. The highest BCUT2D eigenvalue weighted by atomic mass is 16.5. The first-order valence-electron chi connectivity index (χ1n) is 9.00. The smallest absolute Gasteiger partial charge is 0.262 e. The van der Waals surface area contributed by atoms with Gasteiger partial charge in [-0.3, -0.25) is 14.6 Å². The summed E-state index contributed by atoms with van der Waals surface area (Å²) in [5, 5.41) is 2.77. The van der Waals surface area contributed by atoms with E-state index >= 15 is 0 Å². The molecule has 6 nitrogen and oxygen atoms in total. The Hall–Kier alpha value is -2.89. The topological polar surface area (TPSA) is 71.5 Å². The minimum atomic E-state index is -0.202. The van der Waals surface area contributed by atoms with Crippen molar-refractivity contribution >= 4 is 17.5 Å². The predicted molar refractivity (Wildman–Crippen MR) is 97.0 cm³/mol. The molecule has 2 amide bonds. The summed E-state index contributed by atoms with van der Waals surface area (Å²) in [5.41, 5.74) is 2.24. The molecule has 6 heteroatoms. The summed E-state index contributed by atoms with van der Waals surface area (Å²) < 4.78 is 5.38. The predicted octanol–water partition coefficient (Wildman–Crippen LogP) is 3.17. The molecule has 0 saturated carbocycles. The maximum atomic E-state index is 13.3. The molecule has 1 aromatic heterocycles. The summed E-state index contributed by atoms with van der Waals surface area (Å²) in [6.45, 7) is 0.738. The molecule has 3 heterocycles. The molecule has 134 valence electrons. The monoisotopic (exact) mass is 351 g/mol. The SMILES string of the molecule is O=C1COc2ccc(C(=O)N3CCCCC[C@@H]3c3ccncc3)cc2N1. The van der Waals surface area contributed by atoms with E-state index in [0.29, 0.717) is 17.0 Å². The van der Waals surface area contributed by atoms with Crippen LogP contribution in [0.4, 0.5) is 5.69 Å². The van der Waals surface area contributed by atoms with Crippen LogP contribution in [-0.4, -0.2) is 34.8 Å². The number of fused-ring (bicyclic) bond motifs is 1. The number of carbonyl (C=O) groups excluding carboxylic acids is 2. The fourth-order valence-electron chi connectivity index (χ4n) is 3.67. The molecule has 4 rings (SSSR count). The van der Waals surface area contributed by atoms with Crippen LogP contribution in [0, 0.1) is 0 Å². The first-order chi connectivity index (χ1) is 12.7. The van der Waals surface area contributed by atoms with E-state index in [4.69, 9.17) is 4.74 Å². The van der Waals surface area contributed by atoms with Crippen molar-refractivity contribution in [1.29, 1.82) is 0 Å². The number of pyridine rings is 1. The molecule has 2 aliphatic rings. The van der Waals surface area contributed by atoms with E-state index in [2.05, 4.69) is 10.3 Å². The lowest BCUT2D eigenvalue weighted by molar-refractivity contribution is -0.118. The van der Waals surface area contributed by atoms with Crippen LogP contribution in [0.2, 0.25) is 0 Å². The first kappa shape index (κ1) is 16.6. The number of hydrogen-bond donors (Lipinski definition) is 1. The number of amides is 2. The zero-order chi connectivity index (χ0) is 17.9. The Morgan fingerprint density at radius 1 is 1.15 bits per heavy atom.